The third-order valence-corrected chi connectivity index (χ3v) is 2.95. The van der Waals surface area contributed by atoms with Crippen LogP contribution >= 0.6 is 0 Å². The maximum atomic E-state index is 13.0. The molecule has 2 heterocycles. The van der Waals surface area contributed by atoms with E-state index < -0.39 is 0 Å². The van der Waals surface area contributed by atoms with Gasteiger partial charge in [-0.15, -0.1) is 0 Å². The quantitative estimate of drug-likeness (QED) is 0.800. The standard InChI is InChI=1S/C15H13FN4O/c1-2-21-14-13-12(19-15(17)20-14)8-7-11(18-13)9-3-5-10(16)6-4-9/h3-8H,2H2,1H3,(H2,17,19,20). The van der Waals surface area contributed by atoms with Crippen LogP contribution in [0.15, 0.2) is 36.4 Å². The van der Waals surface area contributed by atoms with E-state index in [2.05, 4.69) is 15.0 Å². The van der Waals surface area contributed by atoms with Gasteiger partial charge in [0.05, 0.1) is 17.8 Å². The van der Waals surface area contributed by atoms with Crippen molar-refractivity contribution in [3.05, 3.63) is 42.2 Å². The van der Waals surface area contributed by atoms with E-state index in [1.807, 2.05) is 6.92 Å². The largest absolute Gasteiger partial charge is 0.476 e. The summed E-state index contributed by atoms with van der Waals surface area (Å²) >= 11 is 0. The van der Waals surface area contributed by atoms with Crippen molar-refractivity contribution in [2.45, 2.75) is 6.92 Å². The summed E-state index contributed by atoms with van der Waals surface area (Å²) in [6.07, 6.45) is 0. The van der Waals surface area contributed by atoms with E-state index in [-0.39, 0.29) is 11.8 Å². The van der Waals surface area contributed by atoms with Crippen LogP contribution in [0.2, 0.25) is 0 Å². The average Bonchev–Trinajstić information content (AvgIpc) is 2.48. The maximum absolute atomic E-state index is 13.0. The highest BCUT2D eigenvalue weighted by atomic mass is 19.1. The molecule has 0 unspecified atom stereocenters. The van der Waals surface area contributed by atoms with Gasteiger partial charge in [-0.3, -0.25) is 0 Å². The van der Waals surface area contributed by atoms with Crippen LogP contribution in [0.5, 0.6) is 5.88 Å². The van der Waals surface area contributed by atoms with Crippen molar-refractivity contribution in [2.75, 3.05) is 12.3 Å². The van der Waals surface area contributed by atoms with E-state index in [0.29, 0.717) is 29.2 Å². The molecule has 21 heavy (non-hydrogen) atoms. The molecule has 0 spiro atoms. The molecule has 3 aromatic rings. The first-order chi connectivity index (χ1) is 10.2. The van der Waals surface area contributed by atoms with Crippen molar-refractivity contribution >= 4 is 17.0 Å². The van der Waals surface area contributed by atoms with Gasteiger partial charge in [-0.2, -0.15) is 4.98 Å². The third-order valence-electron chi connectivity index (χ3n) is 2.95. The minimum atomic E-state index is -0.286. The zero-order valence-electron chi connectivity index (χ0n) is 11.4. The molecule has 1 aromatic carbocycles. The van der Waals surface area contributed by atoms with Crippen molar-refractivity contribution in [2.24, 2.45) is 0 Å². The maximum Gasteiger partial charge on any atom is 0.245 e. The fourth-order valence-corrected chi connectivity index (χ4v) is 2.02. The molecular weight excluding hydrogens is 271 g/mol. The number of hydrogen-bond donors (Lipinski definition) is 1. The highest BCUT2D eigenvalue weighted by Crippen LogP contribution is 2.25. The summed E-state index contributed by atoms with van der Waals surface area (Å²) in [7, 11) is 0. The van der Waals surface area contributed by atoms with Gasteiger partial charge < -0.3 is 10.5 Å². The topological polar surface area (TPSA) is 73.9 Å². The van der Waals surface area contributed by atoms with Crippen LogP contribution in [0.4, 0.5) is 10.3 Å². The minimum Gasteiger partial charge on any atom is -0.476 e. The lowest BCUT2D eigenvalue weighted by Crippen LogP contribution is -2.02. The number of fused-ring (bicyclic) bond motifs is 1. The molecule has 0 saturated heterocycles. The number of nitrogen functional groups attached to an aromatic ring is 1. The van der Waals surface area contributed by atoms with Gasteiger partial charge in [-0.25, -0.2) is 14.4 Å². The summed E-state index contributed by atoms with van der Waals surface area (Å²) in [4.78, 5) is 12.7. The molecule has 0 radical (unpaired) electrons. The predicted molar refractivity (Wildman–Crippen MR) is 78.3 cm³/mol. The molecule has 106 valence electrons. The molecule has 0 atom stereocenters. The molecule has 0 aliphatic carbocycles. The number of aromatic nitrogens is 3. The van der Waals surface area contributed by atoms with Crippen LogP contribution in [0.3, 0.4) is 0 Å². The Morgan fingerprint density at radius 3 is 2.52 bits per heavy atom. The highest BCUT2D eigenvalue weighted by molar-refractivity contribution is 5.83. The van der Waals surface area contributed by atoms with Gasteiger partial charge in [-0.05, 0) is 43.3 Å². The molecule has 2 aromatic heterocycles. The first kappa shape index (κ1) is 13.2. The number of hydrogen-bond acceptors (Lipinski definition) is 5. The Balaban J connectivity index is 2.16. The van der Waals surface area contributed by atoms with E-state index in [0.717, 1.165) is 5.56 Å². The number of ether oxygens (including phenoxy) is 1. The lowest BCUT2D eigenvalue weighted by molar-refractivity contribution is 0.330. The number of nitrogens with two attached hydrogens (primary N) is 1. The van der Waals surface area contributed by atoms with Crippen molar-refractivity contribution in [1.29, 1.82) is 0 Å². The Hall–Kier alpha value is -2.76. The number of halogens is 1. The molecule has 0 saturated carbocycles. The normalized spacial score (nSPS) is 10.8. The van der Waals surface area contributed by atoms with E-state index in [1.54, 1.807) is 24.3 Å². The van der Waals surface area contributed by atoms with E-state index >= 15 is 0 Å². The smallest absolute Gasteiger partial charge is 0.245 e. The van der Waals surface area contributed by atoms with Crippen LogP contribution in [0.1, 0.15) is 6.92 Å². The van der Waals surface area contributed by atoms with Crippen LogP contribution in [0.25, 0.3) is 22.3 Å². The Morgan fingerprint density at radius 1 is 1.05 bits per heavy atom. The second-order valence-electron chi connectivity index (χ2n) is 4.39. The van der Waals surface area contributed by atoms with Crippen molar-refractivity contribution in [3.8, 4) is 17.1 Å². The first-order valence-electron chi connectivity index (χ1n) is 6.50. The van der Waals surface area contributed by atoms with Gasteiger partial charge in [-0.1, -0.05) is 0 Å². The van der Waals surface area contributed by atoms with Gasteiger partial charge in [0, 0.05) is 5.56 Å². The third kappa shape index (κ3) is 2.60. The monoisotopic (exact) mass is 284 g/mol. The average molecular weight is 284 g/mol. The first-order valence-corrected chi connectivity index (χ1v) is 6.50. The molecule has 3 rings (SSSR count). The van der Waals surface area contributed by atoms with Crippen LogP contribution in [-0.4, -0.2) is 21.6 Å². The number of nitrogens with zero attached hydrogens (tertiary/aromatic N) is 3. The highest BCUT2D eigenvalue weighted by Gasteiger charge is 2.10. The SMILES string of the molecule is CCOc1nc(N)nc2ccc(-c3ccc(F)cc3)nc12. The lowest BCUT2D eigenvalue weighted by atomic mass is 10.1. The predicted octanol–water partition coefficient (Wildman–Crippen LogP) is 2.81. The van der Waals surface area contributed by atoms with Crippen molar-refractivity contribution in [3.63, 3.8) is 0 Å². The molecule has 0 aliphatic rings. The Morgan fingerprint density at radius 2 is 1.81 bits per heavy atom. The van der Waals surface area contributed by atoms with E-state index in [4.69, 9.17) is 10.5 Å². The zero-order valence-corrected chi connectivity index (χ0v) is 11.4. The number of pyridine rings is 1. The Kier molecular flexibility index (Phi) is 3.35. The molecule has 0 amide bonds. The number of rotatable bonds is 3. The van der Waals surface area contributed by atoms with Crippen LogP contribution in [-0.2, 0) is 0 Å². The van der Waals surface area contributed by atoms with Crippen LogP contribution < -0.4 is 10.5 Å². The molecule has 0 bridgehead atoms. The molecule has 2 N–H and O–H groups in total. The van der Waals surface area contributed by atoms with Crippen LogP contribution in [0, 0.1) is 5.82 Å². The fraction of sp³-hybridized carbons (Fsp3) is 0.133. The minimum absolute atomic E-state index is 0.141. The van der Waals surface area contributed by atoms with Crippen molar-refractivity contribution < 1.29 is 9.13 Å². The van der Waals surface area contributed by atoms with E-state index in [1.165, 1.54) is 12.1 Å². The summed E-state index contributed by atoms with van der Waals surface area (Å²) in [6.45, 7) is 2.31. The summed E-state index contributed by atoms with van der Waals surface area (Å²) in [5, 5.41) is 0. The van der Waals surface area contributed by atoms with E-state index in [9.17, 15) is 4.39 Å². The van der Waals surface area contributed by atoms with Gasteiger partial charge in [0.2, 0.25) is 11.8 Å². The molecule has 6 heteroatoms. The van der Waals surface area contributed by atoms with Gasteiger partial charge in [0.15, 0.2) is 5.52 Å². The second-order valence-corrected chi connectivity index (χ2v) is 4.39. The zero-order chi connectivity index (χ0) is 14.8. The Labute approximate surface area is 120 Å². The van der Waals surface area contributed by atoms with Gasteiger partial charge in [0.25, 0.3) is 0 Å². The summed E-state index contributed by atoms with van der Waals surface area (Å²) < 4.78 is 18.4. The summed E-state index contributed by atoms with van der Waals surface area (Å²) in [6, 6.07) is 9.72. The number of anilines is 1. The van der Waals surface area contributed by atoms with Crippen molar-refractivity contribution in [1.82, 2.24) is 15.0 Å². The fourth-order valence-electron chi connectivity index (χ4n) is 2.02. The molecule has 0 aliphatic heterocycles. The molecule has 0 fully saturated rings. The Bertz CT molecular complexity index is 790. The molecular formula is C15H13FN4O. The second kappa shape index (κ2) is 5.32. The summed E-state index contributed by atoms with van der Waals surface area (Å²) in [5.74, 6) is 0.205. The molecule has 5 nitrogen and oxygen atoms in total. The number of benzene rings is 1. The summed E-state index contributed by atoms with van der Waals surface area (Å²) in [5.41, 5.74) is 8.29. The lowest BCUT2D eigenvalue weighted by Gasteiger charge is -2.08. The van der Waals surface area contributed by atoms with Gasteiger partial charge >= 0.3 is 0 Å². The van der Waals surface area contributed by atoms with Gasteiger partial charge in [0.1, 0.15) is 5.82 Å².